The molecule has 130 valence electrons. The van der Waals surface area contributed by atoms with E-state index in [4.69, 9.17) is 0 Å². The number of likely N-dealkylation sites (tertiary alicyclic amines) is 2. The number of rotatable bonds is 4. The molecular formula is C20H24N4O. The largest absolute Gasteiger partial charge is 0.338 e. The van der Waals surface area contributed by atoms with E-state index in [0.29, 0.717) is 12.5 Å². The Morgan fingerprint density at radius 1 is 0.960 bits per heavy atom. The van der Waals surface area contributed by atoms with Crippen molar-refractivity contribution in [3.05, 3.63) is 60.2 Å². The smallest absolute Gasteiger partial charge is 0.230 e. The first-order valence-electron chi connectivity index (χ1n) is 9.05. The highest BCUT2D eigenvalue weighted by molar-refractivity contribution is 5.85. The standard InChI is InChI=1S/C20H24N4O/c25-19-20(7-12-24(19)15-18-3-1-8-22-13-18)6-2-11-23(16-20)14-17-4-9-21-10-5-17/h1,3-5,8-10,13H,2,6-7,11-12,14-16H2. The molecule has 4 heterocycles. The number of carbonyl (C=O) groups excluding carboxylic acids is 1. The quantitative estimate of drug-likeness (QED) is 0.861. The molecule has 0 N–H and O–H groups in total. The maximum Gasteiger partial charge on any atom is 0.230 e. The summed E-state index contributed by atoms with van der Waals surface area (Å²) in [4.78, 5) is 25.9. The van der Waals surface area contributed by atoms with Crippen LogP contribution in [-0.2, 0) is 17.9 Å². The third-order valence-electron chi connectivity index (χ3n) is 5.51. The van der Waals surface area contributed by atoms with Crippen molar-refractivity contribution in [1.82, 2.24) is 19.8 Å². The Hall–Kier alpha value is -2.27. The van der Waals surface area contributed by atoms with E-state index in [-0.39, 0.29) is 5.41 Å². The zero-order chi connectivity index (χ0) is 17.1. The summed E-state index contributed by atoms with van der Waals surface area (Å²) < 4.78 is 0. The minimum Gasteiger partial charge on any atom is -0.338 e. The molecule has 1 amide bonds. The molecule has 25 heavy (non-hydrogen) atoms. The lowest BCUT2D eigenvalue weighted by molar-refractivity contribution is -0.139. The van der Waals surface area contributed by atoms with E-state index in [1.54, 1.807) is 6.20 Å². The number of hydrogen-bond acceptors (Lipinski definition) is 4. The molecule has 5 nitrogen and oxygen atoms in total. The van der Waals surface area contributed by atoms with Gasteiger partial charge in [-0.3, -0.25) is 19.7 Å². The topological polar surface area (TPSA) is 49.3 Å². The highest BCUT2D eigenvalue weighted by Crippen LogP contribution is 2.40. The lowest BCUT2D eigenvalue weighted by Crippen LogP contribution is -2.47. The molecular weight excluding hydrogens is 312 g/mol. The molecule has 0 saturated carbocycles. The predicted octanol–water partition coefficient (Wildman–Crippen LogP) is 2.49. The first-order valence-corrected chi connectivity index (χ1v) is 9.05. The summed E-state index contributed by atoms with van der Waals surface area (Å²) in [6.45, 7) is 4.38. The van der Waals surface area contributed by atoms with Gasteiger partial charge in [-0.05, 0) is 55.1 Å². The van der Waals surface area contributed by atoms with Crippen LogP contribution >= 0.6 is 0 Å². The van der Waals surface area contributed by atoms with Crippen LogP contribution in [0.2, 0.25) is 0 Å². The Labute approximate surface area is 148 Å². The summed E-state index contributed by atoms with van der Waals surface area (Å²) in [5, 5.41) is 0. The van der Waals surface area contributed by atoms with Gasteiger partial charge >= 0.3 is 0 Å². The maximum absolute atomic E-state index is 13.2. The molecule has 0 radical (unpaired) electrons. The number of amides is 1. The van der Waals surface area contributed by atoms with E-state index in [9.17, 15) is 4.79 Å². The predicted molar refractivity (Wildman–Crippen MR) is 95.5 cm³/mol. The second kappa shape index (κ2) is 6.92. The van der Waals surface area contributed by atoms with Crippen LogP contribution in [0, 0.1) is 5.41 Å². The molecule has 2 saturated heterocycles. The van der Waals surface area contributed by atoms with Crippen molar-refractivity contribution in [2.45, 2.75) is 32.4 Å². The number of piperidine rings is 1. The van der Waals surface area contributed by atoms with Crippen molar-refractivity contribution in [2.75, 3.05) is 19.6 Å². The Balaban J connectivity index is 1.43. The van der Waals surface area contributed by atoms with Crippen LogP contribution in [0.25, 0.3) is 0 Å². The average molecular weight is 336 g/mol. The van der Waals surface area contributed by atoms with Crippen LogP contribution in [0.15, 0.2) is 49.1 Å². The van der Waals surface area contributed by atoms with E-state index < -0.39 is 0 Å². The fraction of sp³-hybridized carbons (Fsp3) is 0.450. The van der Waals surface area contributed by atoms with E-state index in [2.05, 4.69) is 27.0 Å². The molecule has 2 aliphatic rings. The van der Waals surface area contributed by atoms with E-state index in [1.807, 2.05) is 35.6 Å². The van der Waals surface area contributed by atoms with Crippen molar-refractivity contribution >= 4 is 5.91 Å². The Morgan fingerprint density at radius 3 is 2.64 bits per heavy atom. The second-order valence-electron chi connectivity index (χ2n) is 7.29. The Morgan fingerprint density at radius 2 is 1.84 bits per heavy atom. The lowest BCUT2D eigenvalue weighted by atomic mass is 9.78. The van der Waals surface area contributed by atoms with E-state index in [0.717, 1.165) is 51.0 Å². The van der Waals surface area contributed by atoms with Gasteiger partial charge in [0.25, 0.3) is 0 Å². The van der Waals surface area contributed by atoms with Gasteiger partial charge in [-0.2, -0.15) is 0 Å². The number of hydrogen-bond donors (Lipinski definition) is 0. The molecule has 5 heteroatoms. The molecule has 0 bridgehead atoms. The van der Waals surface area contributed by atoms with Crippen molar-refractivity contribution < 1.29 is 4.79 Å². The molecule has 2 fully saturated rings. The third kappa shape index (κ3) is 3.42. The van der Waals surface area contributed by atoms with Crippen LogP contribution in [0.3, 0.4) is 0 Å². The monoisotopic (exact) mass is 336 g/mol. The molecule has 1 spiro atoms. The molecule has 0 aliphatic carbocycles. The van der Waals surface area contributed by atoms with E-state index >= 15 is 0 Å². The van der Waals surface area contributed by atoms with Gasteiger partial charge in [0.15, 0.2) is 0 Å². The minimum absolute atomic E-state index is 0.187. The van der Waals surface area contributed by atoms with Crippen molar-refractivity contribution in [1.29, 1.82) is 0 Å². The van der Waals surface area contributed by atoms with Crippen LogP contribution in [-0.4, -0.2) is 45.3 Å². The van der Waals surface area contributed by atoms with Crippen molar-refractivity contribution in [3.8, 4) is 0 Å². The summed E-state index contributed by atoms with van der Waals surface area (Å²) in [6.07, 6.45) is 10.4. The molecule has 1 atom stereocenters. The van der Waals surface area contributed by atoms with Crippen LogP contribution in [0.1, 0.15) is 30.4 Å². The fourth-order valence-corrected chi connectivity index (χ4v) is 4.24. The first-order chi connectivity index (χ1) is 12.3. The lowest BCUT2D eigenvalue weighted by Gasteiger charge is -2.39. The van der Waals surface area contributed by atoms with Crippen molar-refractivity contribution in [2.24, 2.45) is 5.41 Å². The zero-order valence-electron chi connectivity index (χ0n) is 14.5. The second-order valence-corrected chi connectivity index (χ2v) is 7.29. The van der Waals surface area contributed by atoms with Crippen molar-refractivity contribution in [3.63, 3.8) is 0 Å². The molecule has 1 unspecified atom stereocenters. The molecule has 2 aromatic rings. The number of pyridine rings is 2. The number of aromatic nitrogens is 2. The average Bonchev–Trinajstić information content (AvgIpc) is 2.93. The van der Waals surface area contributed by atoms with Gasteiger partial charge in [0.05, 0.1) is 5.41 Å². The summed E-state index contributed by atoms with van der Waals surface area (Å²) in [5.41, 5.74) is 2.19. The first kappa shape index (κ1) is 16.2. The van der Waals surface area contributed by atoms with Gasteiger partial charge in [0.2, 0.25) is 5.91 Å². The normalized spacial score (nSPS) is 24.2. The van der Waals surface area contributed by atoms with Gasteiger partial charge in [-0.15, -0.1) is 0 Å². The summed E-state index contributed by atoms with van der Waals surface area (Å²) >= 11 is 0. The molecule has 4 rings (SSSR count). The molecule has 0 aromatic carbocycles. The summed E-state index contributed by atoms with van der Waals surface area (Å²) in [6, 6.07) is 8.10. The van der Waals surface area contributed by atoms with Crippen LogP contribution in [0.4, 0.5) is 0 Å². The SMILES string of the molecule is O=C1N(Cc2cccnc2)CCC12CCCN(Cc1ccncc1)C2. The maximum atomic E-state index is 13.2. The highest BCUT2D eigenvalue weighted by atomic mass is 16.2. The third-order valence-corrected chi connectivity index (χ3v) is 5.51. The van der Waals surface area contributed by atoms with Gasteiger partial charge in [0.1, 0.15) is 0 Å². The van der Waals surface area contributed by atoms with Gasteiger partial charge in [-0.1, -0.05) is 6.07 Å². The molecule has 2 aliphatic heterocycles. The molecule has 2 aromatic heterocycles. The van der Waals surface area contributed by atoms with Crippen LogP contribution < -0.4 is 0 Å². The highest BCUT2D eigenvalue weighted by Gasteiger charge is 2.48. The summed E-state index contributed by atoms with van der Waals surface area (Å²) in [5.74, 6) is 0.329. The number of carbonyl (C=O) groups is 1. The minimum atomic E-state index is -0.187. The Kier molecular flexibility index (Phi) is 4.49. The van der Waals surface area contributed by atoms with E-state index in [1.165, 1.54) is 5.56 Å². The summed E-state index contributed by atoms with van der Waals surface area (Å²) in [7, 11) is 0. The Bertz CT molecular complexity index is 721. The van der Waals surface area contributed by atoms with Gasteiger partial charge in [0, 0.05) is 51.0 Å². The zero-order valence-corrected chi connectivity index (χ0v) is 14.5. The van der Waals surface area contributed by atoms with Crippen LogP contribution in [0.5, 0.6) is 0 Å². The van der Waals surface area contributed by atoms with Gasteiger partial charge < -0.3 is 4.90 Å². The number of nitrogens with zero attached hydrogens (tertiary/aromatic N) is 4. The fourth-order valence-electron chi connectivity index (χ4n) is 4.24. The van der Waals surface area contributed by atoms with Gasteiger partial charge in [-0.25, -0.2) is 0 Å².